The topological polar surface area (TPSA) is 46.2 Å². The summed E-state index contributed by atoms with van der Waals surface area (Å²) in [5, 5.41) is 3.49. The highest BCUT2D eigenvalue weighted by Crippen LogP contribution is 2.49. The Morgan fingerprint density at radius 2 is 1.94 bits per heavy atom. The van der Waals surface area contributed by atoms with Gasteiger partial charge in [0, 0.05) is 11.8 Å². The molecule has 1 aliphatic carbocycles. The van der Waals surface area contributed by atoms with Gasteiger partial charge in [-0.2, -0.15) is 0 Å². The van der Waals surface area contributed by atoms with Crippen LogP contribution in [-0.4, -0.2) is 32.5 Å². The molecule has 1 atom stereocenters. The summed E-state index contributed by atoms with van der Waals surface area (Å²) < 4.78 is 22.8. The molecule has 0 radical (unpaired) electrons. The molecule has 16 heavy (non-hydrogen) atoms. The Bertz CT molecular complexity index is 307. The molecular weight excluding hydrogens is 222 g/mol. The summed E-state index contributed by atoms with van der Waals surface area (Å²) in [4.78, 5) is 0. The first-order valence-corrected chi connectivity index (χ1v) is 8.19. The van der Waals surface area contributed by atoms with Gasteiger partial charge < -0.3 is 5.32 Å². The van der Waals surface area contributed by atoms with E-state index in [1.54, 1.807) is 6.92 Å². The van der Waals surface area contributed by atoms with Crippen molar-refractivity contribution >= 4 is 9.84 Å². The maximum absolute atomic E-state index is 11.4. The zero-order valence-electron chi connectivity index (χ0n) is 10.8. The summed E-state index contributed by atoms with van der Waals surface area (Å²) in [6.07, 6.45) is 4.35. The van der Waals surface area contributed by atoms with E-state index in [2.05, 4.69) is 19.2 Å². The molecule has 0 aromatic rings. The molecule has 1 saturated carbocycles. The van der Waals surface area contributed by atoms with E-state index in [-0.39, 0.29) is 5.75 Å². The van der Waals surface area contributed by atoms with Crippen molar-refractivity contribution in [1.82, 2.24) is 5.32 Å². The van der Waals surface area contributed by atoms with Crippen molar-refractivity contribution < 1.29 is 8.42 Å². The average Bonchev–Trinajstić information content (AvgIpc) is 2.96. The molecule has 0 saturated heterocycles. The van der Waals surface area contributed by atoms with Crippen LogP contribution in [0.2, 0.25) is 0 Å². The van der Waals surface area contributed by atoms with E-state index in [4.69, 9.17) is 0 Å². The largest absolute Gasteiger partial charge is 0.314 e. The normalized spacial score (nSPS) is 20.7. The SMILES string of the molecule is CCNC(CCCS(=O)(=O)CC)C1(C)CC1. The summed E-state index contributed by atoms with van der Waals surface area (Å²) in [5.41, 5.74) is 0.436. The van der Waals surface area contributed by atoms with E-state index < -0.39 is 9.84 Å². The highest BCUT2D eigenvalue weighted by Gasteiger charge is 2.43. The van der Waals surface area contributed by atoms with Crippen LogP contribution < -0.4 is 5.32 Å². The standard InChI is InChI=1S/C12H25NO2S/c1-4-13-11(12(3)8-9-12)7-6-10-16(14,15)5-2/h11,13H,4-10H2,1-3H3. The van der Waals surface area contributed by atoms with Crippen molar-refractivity contribution in [2.24, 2.45) is 5.41 Å². The van der Waals surface area contributed by atoms with Gasteiger partial charge in [-0.3, -0.25) is 0 Å². The van der Waals surface area contributed by atoms with Crippen molar-refractivity contribution in [2.45, 2.75) is 52.5 Å². The number of nitrogens with one attached hydrogen (secondary N) is 1. The molecule has 0 aromatic heterocycles. The van der Waals surface area contributed by atoms with Crippen LogP contribution in [0.3, 0.4) is 0 Å². The molecule has 1 aliphatic rings. The van der Waals surface area contributed by atoms with Gasteiger partial charge in [-0.05, 0) is 37.6 Å². The van der Waals surface area contributed by atoms with E-state index in [1.165, 1.54) is 12.8 Å². The van der Waals surface area contributed by atoms with Crippen LogP contribution in [0.15, 0.2) is 0 Å². The van der Waals surface area contributed by atoms with E-state index >= 15 is 0 Å². The van der Waals surface area contributed by atoms with Gasteiger partial charge in [0.1, 0.15) is 9.84 Å². The molecule has 0 heterocycles. The van der Waals surface area contributed by atoms with Gasteiger partial charge in [-0.25, -0.2) is 8.42 Å². The quantitative estimate of drug-likeness (QED) is 0.713. The van der Waals surface area contributed by atoms with Crippen LogP contribution in [0.1, 0.15) is 46.5 Å². The second-order valence-corrected chi connectivity index (χ2v) is 7.62. The zero-order chi connectivity index (χ0) is 12.2. The van der Waals surface area contributed by atoms with E-state index in [1.807, 2.05) is 0 Å². The van der Waals surface area contributed by atoms with Gasteiger partial charge in [0.2, 0.25) is 0 Å². The minimum Gasteiger partial charge on any atom is -0.314 e. The predicted molar refractivity (Wildman–Crippen MR) is 68.4 cm³/mol. The highest BCUT2D eigenvalue weighted by atomic mass is 32.2. The Morgan fingerprint density at radius 3 is 2.38 bits per heavy atom. The third kappa shape index (κ3) is 4.06. The van der Waals surface area contributed by atoms with Gasteiger partial charge in [0.05, 0.1) is 5.75 Å². The van der Waals surface area contributed by atoms with Crippen LogP contribution in [0, 0.1) is 5.41 Å². The van der Waals surface area contributed by atoms with Crippen molar-refractivity contribution in [3.63, 3.8) is 0 Å². The Balaban J connectivity index is 2.34. The molecule has 1 fully saturated rings. The molecule has 4 heteroatoms. The Morgan fingerprint density at radius 1 is 1.31 bits per heavy atom. The van der Waals surface area contributed by atoms with Gasteiger partial charge in [0.25, 0.3) is 0 Å². The lowest BCUT2D eigenvalue weighted by Crippen LogP contribution is -2.36. The van der Waals surface area contributed by atoms with Crippen molar-refractivity contribution in [3.05, 3.63) is 0 Å². The Kier molecular flexibility index (Phi) is 4.80. The van der Waals surface area contributed by atoms with Crippen molar-refractivity contribution in [3.8, 4) is 0 Å². The molecular formula is C12H25NO2S. The number of hydrogen-bond donors (Lipinski definition) is 1. The summed E-state index contributed by atoms with van der Waals surface area (Å²) in [5.74, 6) is 0.623. The number of hydrogen-bond acceptors (Lipinski definition) is 3. The molecule has 0 aromatic carbocycles. The smallest absolute Gasteiger partial charge is 0.150 e. The molecule has 3 nitrogen and oxygen atoms in total. The summed E-state index contributed by atoms with van der Waals surface area (Å²) >= 11 is 0. The fourth-order valence-corrected chi connectivity index (χ4v) is 3.04. The van der Waals surface area contributed by atoms with Gasteiger partial charge in [0.15, 0.2) is 0 Å². The van der Waals surface area contributed by atoms with Crippen LogP contribution in [0.5, 0.6) is 0 Å². The molecule has 1 unspecified atom stereocenters. The summed E-state index contributed by atoms with van der Waals surface area (Å²) in [7, 11) is -2.78. The third-order valence-corrected chi connectivity index (χ3v) is 5.51. The van der Waals surface area contributed by atoms with E-state index in [0.29, 0.717) is 17.2 Å². The summed E-state index contributed by atoms with van der Waals surface area (Å²) in [6.45, 7) is 7.11. The van der Waals surface area contributed by atoms with E-state index in [0.717, 1.165) is 19.4 Å². The Labute approximate surface area is 99.9 Å². The second-order valence-electron chi connectivity index (χ2n) is 5.14. The minimum absolute atomic E-state index is 0.274. The Hall–Kier alpha value is -0.0900. The minimum atomic E-state index is -2.78. The third-order valence-electron chi connectivity index (χ3n) is 3.72. The number of sulfone groups is 1. The molecule has 0 amide bonds. The summed E-state index contributed by atoms with van der Waals surface area (Å²) in [6, 6.07) is 0.504. The second kappa shape index (κ2) is 5.50. The van der Waals surface area contributed by atoms with Gasteiger partial charge in [-0.15, -0.1) is 0 Å². The lowest BCUT2D eigenvalue weighted by Gasteiger charge is -2.24. The molecule has 1 N–H and O–H groups in total. The molecule has 0 spiro atoms. The molecule has 1 rings (SSSR count). The van der Waals surface area contributed by atoms with Crippen LogP contribution in [-0.2, 0) is 9.84 Å². The van der Waals surface area contributed by atoms with Crippen molar-refractivity contribution in [1.29, 1.82) is 0 Å². The van der Waals surface area contributed by atoms with E-state index in [9.17, 15) is 8.42 Å². The maximum atomic E-state index is 11.4. The van der Waals surface area contributed by atoms with Gasteiger partial charge >= 0.3 is 0 Å². The first-order valence-electron chi connectivity index (χ1n) is 6.37. The van der Waals surface area contributed by atoms with Crippen molar-refractivity contribution in [2.75, 3.05) is 18.1 Å². The van der Waals surface area contributed by atoms with Crippen LogP contribution in [0.4, 0.5) is 0 Å². The fourth-order valence-electron chi connectivity index (χ4n) is 2.14. The lowest BCUT2D eigenvalue weighted by atomic mass is 9.95. The zero-order valence-corrected chi connectivity index (χ0v) is 11.6. The number of rotatable bonds is 8. The monoisotopic (exact) mass is 247 g/mol. The first kappa shape index (κ1) is 14.0. The molecule has 96 valence electrons. The van der Waals surface area contributed by atoms with Gasteiger partial charge in [-0.1, -0.05) is 20.8 Å². The van der Waals surface area contributed by atoms with Crippen LogP contribution in [0.25, 0.3) is 0 Å². The molecule has 0 aliphatic heterocycles. The fraction of sp³-hybridized carbons (Fsp3) is 1.00. The average molecular weight is 247 g/mol. The highest BCUT2D eigenvalue weighted by molar-refractivity contribution is 7.91. The predicted octanol–water partition coefficient (Wildman–Crippen LogP) is 1.98. The maximum Gasteiger partial charge on any atom is 0.150 e. The lowest BCUT2D eigenvalue weighted by molar-refractivity contribution is 0.340. The molecule has 0 bridgehead atoms. The van der Waals surface area contributed by atoms with Crippen LogP contribution >= 0.6 is 0 Å². The first-order chi connectivity index (χ1) is 7.43.